The fourth-order valence-electron chi connectivity index (χ4n) is 7.68. The van der Waals surface area contributed by atoms with E-state index in [2.05, 4.69) is 106 Å². The smallest absolute Gasteiger partial charge is 0.306 e. The van der Waals surface area contributed by atoms with Gasteiger partial charge in [0.2, 0.25) is 0 Å². The van der Waals surface area contributed by atoms with Gasteiger partial charge in [0.05, 0.1) is 0 Å². The number of unbranched alkanes of at least 4 members (excludes halogenated alkanes) is 25. The monoisotopic (exact) mass is 933 g/mol. The lowest BCUT2D eigenvalue weighted by molar-refractivity contribution is -0.167. The normalized spacial score (nSPS) is 12.7. The summed E-state index contributed by atoms with van der Waals surface area (Å²) in [6, 6.07) is 0. The average Bonchev–Trinajstić information content (AvgIpc) is 3.33. The van der Waals surface area contributed by atoms with E-state index in [4.69, 9.17) is 14.2 Å². The highest BCUT2D eigenvalue weighted by molar-refractivity contribution is 5.71. The second kappa shape index (κ2) is 55.2. The molecule has 6 heteroatoms. The molecule has 0 aromatic rings. The molecule has 0 saturated heterocycles. The largest absolute Gasteiger partial charge is 0.462 e. The van der Waals surface area contributed by atoms with Crippen molar-refractivity contribution in [3.63, 3.8) is 0 Å². The van der Waals surface area contributed by atoms with Gasteiger partial charge in [-0.3, -0.25) is 14.4 Å². The molecule has 1 atom stereocenters. The molecule has 384 valence electrons. The summed E-state index contributed by atoms with van der Waals surface area (Å²) in [4.78, 5) is 38.0. The minimum atomic E-state index is -0.781. The van der Waals surface area contributed by atoms with Crippen molar-refractivity contribution in [1.82, 2.24) is 0 Å². The van der Waals surface area contributed by atoms with Gasteiger partial charge in [-0.05, 0) is 89.9 Å². The van der Waals surface area contributed by atoms with Gasteiger partial charge in [-0.25, -0.2) is 0 Å². The van der Waals surface area contributed by atoms with Crippen LogP contribution in [0.25, 0.3) is 0 Å². The number of esters is 3. The van der Waals surface area contributed by atoms with Gasteiger partial charge >= 0.3 is 17.9 Å². The fraction of sp³-hybridized carbons (Fsp3) is 0.721. The summed E-state index contributed by atoms with van der Waals surface area (Å²) in [5.41, 5.74) is 0. The predicted octanol–water partition coefficient (Wildman–Crippen LogP) is 18.8. The first-order valence-corrected chi connectivity index (χ1v) is 28.1. The van der Waals surface area contributed by atoms with Crippen LogP contribution in [0.5, 0.6) is 0 Å². The van der Waals surface area contributed by atoms with Crippen LogP contribution in [0.4, 0.5) is 0 Å². The van der Waals surface area contributed by atoms with Gasteiger partial charge in [0.25, 0.3) is 0 Å². The second-order valence-electron chi connectivity index (χ2n) is 18.5. The number of hydrogen-bond donors (Lipinski definition) is 0. The molecule has 0 aliphatic heterocycles. The molecule has 0 N–H and O–H groups in total. The van der Waals surface area contributed by atoms with Gasteiger partial charge in [0, 0.05) is 19.3 Å². The number of carbonyl (C=O) groups is 3. The number of rotatable bonds is 50. The molecule has 1 unspecified atom stereocenters. The molecule has 0 aromatic carbocycles. The first-order chi connectivity index (χ1) is 33.0. The van der Waals surface area contributed by atoms with E-state index in [0.29, 0.717) is 19.3 Å². The molecule has 67 heavy (non-hydrogen) atoms. The molecule has 0 bridgehead atoms. The quantitative estimate of drug-likeness (QED) is 0.0262. The van der Waals surface area contributed by atoms with Gasteiger partial charge < -0.3 is 14.2 Å². The first kappa shape index (κ1) is 63.6. The summed E-state index contributed by atoms with van der Waals surface area (Å²) in [6.07, 6.45) is 71.6. The minimum Gasteiger partial charge on any atom is -0.462 e. The second-order valence-corrected chi connectivity index (χ2v) is 18.5. The van der Waals surface area contributed by atoms with Crippen LogP contribution in [-0.4, -0.2) is 37.2 Å². The first-order valence-electron chi connectivity index (χ1n) is 28.1. The summed E-state index contributed by atoms with van der Waals surface area (Å²) in [6.45, 7) is 6.43. The van der Waals surface area contributed by atoms with Crippen molar-refractivity contribution in [2.45, 2.75) is 271 Å². The van der Waals surface area contributed by atoms with Crippen molar-refractivity contribution in [3.8, 4) is 0 Å². The molecular formula is C61H104O6. The molecular weight excluding hydrogens is 829 g/mol. The fourth-order valence-corrected chi connectivity index (χ4v) is 7.68. The average molecular weight is 933 g/mol. The Morgan fingerprint density at radius 2 is 0.612 bits per heavy atom. The molecule has 0 fully saturated rings. The van der Waals surface area contributed by atoms with E-state index >= 15 is 0 Å². The molecule has 0 saturated carbocycles. The molecule has 6 nitrogen and oxygen atoms in total. The number of allylic oxidation sites excluding steroid dienone is 14. The lowest BCUT2D eigenvalue weighted by Crippen LogP contribution is -2.30. The number of ether oxygens (including phenoxy) is 3. The van der Waals surface area contributed by atoms with E-state index in [1.165, 1.54) is 103 Å². The Hall–Kier alpha value is -3.41. The van der Waals surface area contributed by atoms with Crippen LogP contribution in [0, 0.1) is 0 Å². The lowest BCUT2D eigenvalue weighted by atomic mass is 10.0. The van der Waals surface area contributed by atoms with Gasteiger partial charge in [0.1, 0.15) is 13.2 Å². The van der Waals surface area contributed by atoms with Crippen molar-refractivity contribution in [1.29, 1.82) is 0 Å². The van der Waals surface area contributed by atoms with Crippen molar-refractivity contribution < 1.29 is 28.6 Å². The molecule has 0 radical (unpaired) electrons. The van der Waals surface area contributed by atoms with E-state index in [-0.39, 0.29) is 31.1 Å². The van der Waals surface area contributed by atoms with Crippen LogP contribution < -0.4 is 0 Å². The SMILES string of the molecule is CC/C=C\C/C=C\C/C=C\C/C=C\C/C=C\CCCCCCCCCCCCCC(=O)OCC(COC(=O)CCCCCCCCCCC)OC(=O)CCCCCCC/C=C\C/C=C\CCC. The minimum absolute atomic E-state index is 0.0811. The highest BCUT2D eigenvalue weighted by Gasteiger charge is 2.19. The van der Waals surface area contributed by atoms with E-state index in [9.17, 15) is 14.4 Å². The molecule has 0 aliphatic rings. The highest BCUT2D eigenvalue weighted by Crippen LogP contribution is 2.15. The van der Waals surface area contributed by atoms with Crippen molar-refractivity contribution in [2.75, 3.05) is 13.2 Å². The zero-order valence-electron chi connectivity index (χ0n) is 43.9. The maximum absolute atomic E-state index is 12.8. The van der Waals surface area contributed by atoms with Crippen LogP contribution >= 0.6 is 0 Å². The number of hydrogen-bond acceptors (Lipinski definition) is 6. The van der Waals surface area contributed by atoms with E-state index in [0.717, 1.165) is 122 Å². The Morgan fingerprint density at radius 1 is 0.313 bits per heavy atom. The number of carbonyl (C=O) groups excluding carboxylic acids is 3. The van der Waals surface area contributed by atoms with Crippen LogP contribution in [0.3, 0.4) is 0 Å². The third-order valence-corrected chi connectivity index (χ3v) is 11.9. The Kier molecular flexibility index (Phi) is 52.4. The van der Waals surface area contributed by atoms with Crippen molar-refractivity contribution in [3.05, 3.63) is 85.1 Å². The summed E-state index contributed by atoms with van der Waals surface area (Å²) in [7, 11) is 0. The van der Waals surface area contributed by atoms with Crippen LogP contribution in [0.2, 0.25) is 0 Å². The van der Waals surface area contributed by atoms with Gasteiger partial charge in [-0.15, -0.1) is 0 Å². The van der Waals surface area contributed by atoms with Crippen LogP contribution in [-0.2, 0) is 28.6 Å². The Bertz CT molecular complexity index is 1300. The molecule has 0 spiro atoms. The zero-order chi connectivity index (χ0) is 48.6. The third kappa shape index (κ3) is 53.4. The Labute approximate surface area is 414 Å². The van der Waals surface area contributed by atoms with Gasteiger partial charge in [-0.1, -0.05) is 241 Å². The van der Waals surface area contributed by atoms with E-state index < -0.39 is 6.10 Å². The summed E-state index contributed by atoms with van der Waals surface area (Å²) < 4.78 is 16.8. The van der Waals surface area contributed by atoms with Gasteiger partial charge in [0.15, 0.2) is 6.10 Å². The van der Waals surface area contributed by atoms with Crippen molar-refractivity contribution >= 4 is 17.9 Å². The Balaban J connectivity index is 4.19. The van der Waals surface area contributed by atoms with Gasteiger partial charge in [-0.2, -0.15) is 0 Å². The maximum Gasteiger partial charge on any atom is 0.306 e. The van der Waals surface area contributed by atoms with Crippen LogP contribution in [0.15, 0.2) is 85.1 Å². The van der Waals surface area contributed by atoms with E-state index in [1.807, 2.05) is 0 Å². The topological polar surface area (TPSA) is 78.9 Å². The van der Waals surface area contributed by atoms with E-state index in [1.54, 1.807) is 0 Å². The lowest BCUT2D eigenvalue weighted by Gasteiger charge is -2.18. The molecule has 0 heterocycles. The standard InChI is InChI=1S/C61H104O6/c1-4-7-10-13-16-19-21-23-24-25-26-27-28-29-30-31-32-33-34-35-36-38-39-42-45-48-51-54-60(63)66-57-58(56-65-59(62)53-50-47-44-41-18-15-12-9-6-3)67-61(64)55-52-49-46-43-40-37-22-20-17-14-11-8-5-2/h7,10-11,14,16,19-20,22-24,26-27,29-30,58H,4-6,8-9,12-13,15,17-18,21,25,28,31-57H2,1-3H3/b10-7-,14-11-,19-16-,22-20-,24-23-,27-26-,30-29-. The zero-order valence-corrected chi connectivity index (χ0v) is 43.9. The molecule has 0 rings (SSSR count). The summed E-state index contributed by atoms with van der Waals surface area (Å²) in [5.74, 6) is -0.898. The van der Waals surface area contributed by atoms with Crippen LogP contribution in [0.1, 0.15) is 265 Å². The van der Waals surface area contributed by atoms with Crippen molar-refractivity contribution in [2.24, 2.45) is 0 Å². The molecule has 0 aromatic heterocycles. The summed E-state index contributed by atoms with van der Waals surface area (Å²) >= 11 is 0. The molecule has 0 aliphatic carbocycles. The summed E-state index contributed by atoms with van der Waals surface area (Å²) in [5, 5.41) is 0. The predicted molar refractivity (Wildman–Crippen MR) is 288 cm³/mol. The highest BCUT2D eigenvalue weighted by atomic mass is 16.6. The third-order valence-electron chi connectivity index (χ3n) is 11.9. The molecule has 0 amide bonds. The Morgan fingerprint density at radius 3 is 0.970 bits per heavy atom. The maximum atomic E-state index is 12.8.